The van der Waals surface area contributed by atoms with Crippen molar-refractivity contribution in [3.63, 3.8) is 0 Å². The molecule has 1 fully saturated rings. The summed E-state index contributed by atoms with van der Waals surface area (Å²) in [6.07, 6.45) is 7.01. The lowest BCUT2D eigenvalue weighted by Gasteiger charge is -2.40. The number of likely N-dealkylation sites (tertiary alicyclic amines) is 1. The van der Waals surface area contributed by atoms with E-state index in [9.17, 15) is 4.79 Å². The summed E-state index contributed by atoms with van der Waals surface area (Å²) in [6, 6.07) is 0.0914. The van der Waals surface area contributed by atoms with Crippen molar-refractivity contribution in [3.8, 4) is 0 Å². The molecule has 1 aromatic rings. The number of carbonyl (C=O) groups is 1. The molecule has 2 aliphatic rings. The number of carbonyl (C=O) groups excluding carboxylic acids is 1. The lowest BCUT2D eigenvalue weighted by molar-refractivity contribution is -0.138. The molecular weight excluding hydrogens is 304 g/mol. The molecule has 0 aromatic carbocycles. The number of imidazole rings is 1. The van der Waals surface area contributed by atoms with Crippen LogP contribution in [-0.4, -0.2) is 63.2 Å². The van der Waals surface area contributed by atoms with Crippen LogP contribution in [-0.2, 0) is 11.3 Å². The summed E-state index contributed by atoms with van der Waals surface area (Å²) < 4.78 is 2.23. The van der Waals surface area contributed by atoms with E-state index in [1.807, 2.05) is 26.2 Å². The number of amides is 1. The third-order valence-corrected chi connectivity index (χ3v) is 5.42. The summed E-state index contributed by atoms with van der Waals surface area (Å²) in [4.78, 5) is 21.9. The van der Waals surface area contributed by atoms with Gasteiger partial charge in [0.1, 0.15) is 5.82 Å². The smallest absolute Gasteiger partial charge is 0.225 e. The van der Waals surface area contributed by atoms with Crippen LogP contribution in [0.25, 0.3) is 0 Å². The second-order valence-corrected chi connectivity index (χ2v) is 7.37. The van der Waals surface area contributed by atoms with Crippen LogP contribution < -0.4 is 0 Å². The third-order valence-electron chi connectivity index (χ3n) is 5.42. The molecular formula is C18H30N4O2. The molecule has 1 saturated heterocycles. The van der Waals surface area contributed by atoms with Crippen molar-refractivity contribution in [2.24, 2.45) is 11.8 Å². The zero-order valence-electron chi connectivity index (χ0n) is 14.9. The standard InChI is InChI=1S/C18H30N4O2/c1-14(2)18(24)22-8-3-7-21-11-6-19-17(21)16(22)15-4-9-20(10-5-15)12-13-23/h6,11,14-16,23H,3-5,7-10,12-13H2,1-2H3. The van der Waals surface area contributed by atoms with Crippen LogP contribution >= 0.6 is 0 Å². The summed E-state index contributed by atoms with van der Waals surface area (Å²) in [5.74, 6) is 1.77. The topological polar surface area (TPSA) is 61.6 Å². The Labute approximate surface area is 144 Å². The van der Waals surface area contributed by atoms with Gasteiger partial charge in [0, 0.05) is 37.9 Å². The fourth-order valence-corrected chi connectivity index (χ4v) is 4.14. The van der Waals surface area contributed by atoms with Gasteiger partial charge >= 0.3 is 0 Å². The van der Waals surface area contributed by atoms with E-state index in [4.69, 9.17) is 5.11 Å². The van der Waals surface area contributed by atoms with Crippen molar-refractivity contribution in [1.29, 1.82) is 0 Å². The number of β-amino-alcohol motifs (C(OH)–C–C–N with tert-alkyl or cyclic N) is 1. The molecule has 1 unspecified atom stereocenters. The van der Waals surface area contributed by atoms with Gasteiger partial charge in [-0.2, -0.15) is 0 Å². The Hall–Kier alpha value is -1.40. The Bertz CT molecular complexity index is 549. The summed E-state index contributed by atoms with van der Waals surface area (Å²) in [7, 11) is 0. The molecule has 0 spiro atoms. The van der Waals surface area contributed by atoms with Crippen molar-refractivity contribution in [3.05, 3.63) is 18.2 Å². The van der Waals surface area contributed by atoms with Crippen molar-refractivity contribution >= 4 is 5.91 Å². The molecule has 1 N–H and O–H groups in total. The fourth-order valence-electron chi connectivity index (χ4n) is 4.14. The third kappa shape index (κ3) is 3.49. The normalized spacial score (nSPS) is 23.3. The SMILES string of the molecule is CC(C)C(=O)N1CCCn2ccnc2C1C1CCN(CCO)CC1. The molecule has 3 heterocycles. The maximum absolute atomic E-state index is 12.8. The van der Waals surface area contributed by atoms with E-state index in [0.29, 0.717) is 5.92 Å². The molecule has 1 aromatic heterocycles. The molecule has 0 bridgehead atoms. The van der Waals surface area contributed by atoms with Crippen LogP contribution in [0.4, 0.5) is 0 Å². The van der Waals surface area contributed by atoms with Gasteiger partial charge in [-0.3, -0.25) is 4.79 Å². The summed E-state index contributed by atoms with van der Waals surface area (Å²) in [5, 5.41) is 9.14. The van der Waals surface area contributed by atoms with Gasteiger partial charge in [-0.15, -0.1) is 0 Å². The van der Waals surface area contributed by atoms with Gasteiger partial charge in [-0.1, -0.05) is 13.8 Å². The predicted molar refractivity (Wildman–Crippen MR) is 92.4 cm³/mol. The van der Waals surface area contributed by atoms with Gasteiger partial charge in [0.15, 0.2) is 0 Å². The molecule has 6 heteroatoms. The molecule has 134 valence electrons. The number of piperidine rings is 1. The number of aliphatic hydroxyl groups is 1. The fraction of sp³-hybridized carbons (Fsp3) is 0.778. The van der Waals surface area contributed by atoms with Crippen molar-refractivity contribution in [2.45, 2.75) is 45.7 Å². The molecule has 6 nitrogen and oxygen atoms in total. The Kier molecular flexibility index (Phi) is 5.56. The maximum atomic E-state index is 12.8. The van der Waals surface area contributed by atoms with Crippen molar-refractivity contribution < 1.29 is 9.90 Å². The van der Waals surface area contributed by atoms with Crippen LogP contribution in [0.3, 0.4) is 0 Å². The van der Waals surface area contributed by atoms with Gasteiger partial charge in [-0.05, 0) is 38.3 Å². The van der Waals surface area contributed by atoms with Crippen molar-refractivity contribution in [2.75, 3.05) is 32.8 Å². The molecule has 0 aliphatic carbocycles. The average Bonchev–Trinajstić information content (AvgIpc) is 2.95. The van der Waals surface area contributed by atoms with Gasteiger partial charge in [-0.25, -0.2) is 4.98 Å². The molecule has 0 saturated carbocycles. The molecule has 24 heavy (non-hydrogen) atoms. The van der Waals surface area contributed by atoms with Crippen LogP contribution in [0.15, 0.2) is 12.4 Å². The van der Waals surface area contributed by atoms with E-state index in [1.54, 1.807) is 0 Å². The van der Waals surface area contributed by atoms with Gasteiger partial charge in [0.05, 0.1) is 12.6 Å². The first-order chi connectivity index (χ1) is 11.6. The number of hydrogen-bond acceptors (Lipinski definition) is 4. The molecule has 3 rings (SSSR count). The van der Waals surface area contributed by atoms with Crippen LogP contribution in [0.2, 0.25) is 0 Å². The van der Waals surface area contributed by atoms with Gasteiger partial charge in [0.25, 0.3) is 0 Å². The Balaban J connectivity index is 1.84. The van der Waals surface area contributed by atoms with E-state index >= 15 is 0 Å². The second kappa shape index (κ2) is 7.66. The first-order valence-electron chi connectivity index (χ1n) is 9.26. The number of aliphatic hydroxyl groups excluding tert-OH is 1. The van der Waals surface area contributed by atoms with E-state index < -0.39 is 0 Å². The van der Waals surface area contributed by atoms with E-state index in [2.05, 4.69) is 19.4 Å². The largest absolute Gasteiger partial charge is 0.395 e. The highest BCUT2D eigenvalue weighted by Gasteiger charge is 2.38. The Morgan fingerprint density at radius 1 is 1.29 bits per heavy atom. The highest BCUT2D eigenvalue weighted by Crippen LogP contribution is 2.37. The molecule has 1 amide bonds. The molecule has 1 atom stereocenters. The number of rotatable bonds is 4. The highest BCUT2D eigenvalue weighted by molar-refractivity contribution is 5.78. The highest BCUT2D eigenvalue weighted by atomic mass is 16.3. The summed E-state index contributed by atoms with van der Waals surface area (Å²) in [5.41, 5.74) is 0. The number of aromatic nitrogens is 2. The lowest BCUT2D eigenvalue weighted by atomic mass is 9.87. The van der Waals surface area contributed by atoms with Crippen LogP contribution in [0, 0.1) is 11.8 Å². The summed E-state index contributed by atoms with van der Waals surface area (Å²) in [6.45, 7) is 8.69. The van der Waals surface area contributed by atoms with Crippen molar-refractivity contribution in [1.82, 2.24) is 19.4 Å². The van der Waals surface area contributed by atoms with Gasteiger partial charge < -0.3 is 19.5 Å². The Morgan fingerprint density at radius 2 is 2.04 bits per heavy atom. The first-order valence-corrected chi connectivity index (χ1v) is 9.26. The number of nitrogens with zero attached hydrogens (tertiary/aromatic N) is 4. The lowest BCUT2D eigenvalue weighted by Crippen LogP contribution is -2.45. The van der Waals surface area contributed by atoms with E-state index in [0.717, 1.165) is 57.8 Å². The monoisotopic (exact) mass is 334 g/mol. The minimum absolute atomic E-state index is 0.0171. The van der Waals surface area contributed by atoms with Crippen LogP contribution in [0.5, 0.6) is 0 Å². The molecule has 0 radical (unpaired) electrons. The number of aryl methyl sites for hydroxylation is 1. The Morgan fingerprint density at radius 3 is 2.71 bits per heavy atom. The van der Waals surface area contributed by atoms with Crippen LogP contribution in [0.1, 0.15) is 45.0 Å². The second-order valence-electron chi connectivity index (χ2n) is 7.37. The average molecular weight is 334 g/mol. The quantitative estimate of drug-likeness (QED) is 0.907. The molecule has 2 aliphatic heterocycles. The maximum Gasteiger partial charge on any atom is 0.225 e. The zero-order valence-corrected chi connectivity index (χ0v) is 14.9. The first kappa shape index (κ1) is 17.4. The number of fused-ring (bicyclic) bond motifs is 1. The zero-order chi connectivity index (χ0) is 17.1. The minimum atomic E-state index is 0.0171. The minimum Gasteiger partial charge on any atom is -0.395 e. The van der Waals surface area contributed by atoms with E-state index in [1.165, 1.54) is 0 Å². The number of hydrogen-bond donors (Lipinski definition) is 1. The summed E-state index contributed by atoms with van der Waals surface area (Å²) >= 11 is 0. The van der Waals surface area contributed by atoms with Gasteiger partial charge in [0.2, 0.25) is 5.91 Å². The van der Waals surface area contributed by atoms with E-state index in [-0.39, 0.29) is 24.5 Å². The predicted octanol–water partition coefficient (Wildman–Crippen LogP) is 1.52.